The van der Waals surface area contributed by atoms with Crippen LogP contribution in [-0.2, 0) is 9.53 Å². The molecule has 1 atom stereocenters. The molecule has 1 aliphatic heterocycles. The van der Waals surface area contributed by atoms with Crippen molar-refractivity contribution < 1.29 is 23.8 Å². The molecule has 0 aliphatic carbocycles. The summed E-state index contributed by atoms with van der Waals surface area (Å²) in [6, 6.07) is 16.5. The average Bonchev–Trinajstić information content (AvgIpc) is 3.48. The fourth-order valence-corrected chi connectivity index (χ4v) is 5.59. The van der Waals surface area contributed by atoms with Crippen LogP contribution in [0, 0.1) is 0 Å². The summed E-state index contributed by atoms with van der Waals surface area (Å²) < 4.78 is 13.1. The molecule has 0 spiro atoms. The van der Waals surface area contributed by atoms with E-state index in [1.165, 1.54) is 28.0 Å². The van der Waals surface area contributed by atoms with E-state index in [0.717, 1.165) is 5.56 Å². The Morgan fingerprint density at radius 2 is 1.95 bits per heavy atom. The van der Waals surface area contributed by atoms with E-state index in [4.69, 9.17) is 20.8 Å². The highest BCUT2D eigenvalue weighted by molar-refractivity contribution is 7.07. The van der Waals surface area contributed by atoms with Gasteiger partial charge in [0.25, 0.3) is 5.56 Å². The molecule has 0 unspecified atom stereocenters. The average molecular weight is 549 g/mol. The molecule has 5 rings (SSSR count). The van der Waals surface area contributed by atoms with Crippen LogP contribution in [0.2, 0.25) is 5.02 Å². The second kappa shape index (κ2) is 10.3. The van der Waals surface area contributed by atoms with Gasteiger partial charge in [-0.1, -0.05) is 59.3 Å². The Morgan fingerprint density at radius 1 is 1.18 bits per heavy atom. The Kier molecular flexibility index (Phi) is 6.88. The van der Waals surface area contributed by atoms with Gasteiger partial charge < -0.3 is 14.3 Å². The lowest BCUT2D eigenvalue weighted by Crippen LogP contribution is -2.39. The maximum absolute atomic E-state index is 13.6. The number of halogens is 1. The summed E-state index contributed by atoms with van der Waals surface area (Å²) in [5.74, 6) is -0.751. The monoisotopic (exact) mass is 548 g/mol. The minimum atomic E-state index is -1.12. The molecule has 2 aromatic heterocycles. The zero-order chi connectivity index (χ0) is 27.0. The number of fused-ring (bicyclic) bond motifs is 1. The third-order valence-corrected chi connectivity index (χ3v) is 7.31. The molecule has 1 N–H and O–H groups in total. The van der Waals surface area contributed by atoms with Crippen molar-refractivity contribution in [1.29, 1.82) is 0 Å². The molecule has 0 radical (unpaired) electrons. The first kappa shape index (κ1) is 25.4. The van der Waals surface area contributed by atoms with E-state index in [0.29, 0.717) is 37.7 Å². The van der Waals surface area contributed by atoms with Gasteiger partial charge in [-0.3, -0.25) is 9.36 Å². The van der Waals surface area contributed by atoms with Crippen molar-refractivity contribution in [3.05, 3.63) is 114 Å². The van der Waals surface area contributed by atoms with E-state index in [1.54, 1.807) is 38.1 Å². The van der Waals surface area contributed by atoms with Crippen LogP contribution < -0.4 is 14.9 Å². The van der Waals surface area contributed by atoms with Gasteiger partial charge in [0.05, 0.1) is 39.0 Å². The summed E-state index contributed by atoms with van der Waals surface area (Å²) in [5, 5.41) is 9.28. The molecular weight excluding hydrogens is 528 g/mol. The number of benzene rings is 2. The highest BCUT2D eigenvalue weighted by Crippen LogP contribution is 2.31. The van der Waals surface area contributed by atoms with Crippen molar-refractivity contribution >= 4 is 41.0 Å². The third kappa shape index (κ3) is 4.62. The van der Waals surface area contributed by atoms with E-state index >= 15 is 0 Å². The minimum Gasteiger partial charge on any atom is -0.478 e. The van der Waals surface area contributed by atoms with E-state index in [1.807, 2.05) is 30.3 Å². The van der Waals surface area contributed by atoms with Crippen molar-refractivity contribution in [2.24, 2.45) is 4.99 Å². The highest BCUT2D eigenvalue weighted by Gasteiger charge is 2.33. The lowest BCUT2D eigenvalue weighted by Gasteiger charge is -2.24. The first-order chi connectivity index (χ1) is 18.3. The maximum atomic E-state index is 13.6. The molecule has 0 saturated heterocycles. The summed E-state index contributed by atoms with van der Waals surface area (Å²) in [6.07, 6.45) is 1.62. The second-order valence-corrected chi connectivity index (χ2v) is 9.83. The van der Waals surface area contributed by atoms with Gasteiger partial charge >= 0.3 is 11.9 Å². The number of aromatic nitrogens is 1. The number of hydrogen-bond acceptors (Lipinski definition) is 7. The minimum absolute atomic E-state index is 0.00578. The highest BCUT2D eigenvalue weighted by atomic mass is 35.5. The Balaban J connectivity index is 1.59. The topological polar surface area (TPSA) is 111 Å². The second-order valence-electron chi connectivity index (χ2n) is 8.41. The molecule has 8 nitrogen and oxygen atoms in total. The molecule has 0 bridgehead atoms. The fourth-order valence-electron chi connectivity index (χ4n) is 4.30. The number of carboxylic acids is 1. The van der Waals surface area contributed by atoms with E-state index in [9.17, 15) is 19.5 Å². The van der Waals surface area contributed by atoms with Gasteiger partial charge in [-0.2, -0.15) is 0 Å². The summed E-state index contributed by atoms with van der Waals surface area (Å²) in [5.41, 5.74) is 1.85. The summed E-state index contributed by atoms with van der Waals surface area (Å²) in [4.78, 5) is 42.8. The van der Waals surface area contributed by atoms with Crippen LogP contribution in [0.3, 0.4) is 0 Å². The number of carbonyl (C=O) groups excluding carboxylic acids is 1. The SMILES string of the molecule is CCOC(=O)C1=C(C)N=c2s/c(=C\c3ccc(-c4ccc(C(=O)O)c(Cl)c4)o3)c(=O)n2[C@H]1c1ccccc1. The van der Waals surface area contributed by atoms with Crippen LogP contribution in [0.15, 0.2) is 86.1 Å². The van der Waals surface area contributed by atoms with E-state index < -0.39 is 18.0 Å². The van der Waals surface area contributed by atoms with Crippen LogP contribution in [0.5, 0.6) is 0 Å². The van der Waals surface area contributed by atoms with Gasteiger partial charge in [-0.15, -0.1) is 0 Å². The lowest BCUT2D eigenvalue weighted by atomic mass is 9.96. The van der Waals surface area contributed by atoms with E-state index in [-0.39, 0.29) is 22.8 Å². The molecule has 1 aliphatic rings. The molecule has 0 amide bonds. The number of ether oxygens (including phenoxy) is 1. The number of aromatic carboxylic acids is 1. The fraction of sp³-hybridized carbons (Fsp3) is 0.143. The maximum Gasteiger partial charge on any atom is 0.338 e. The van der Waals surface area contributed by atoms with E-state index in [2.05, 4.69) is 4.99 Å². The molecule has 2 aromatic carbocycles. The standard InChI is InChI=1S/C28H21ClN2O6S/c1-3-36-27(35)23-15(2)30-28-31(24(23)16-7-5-4-6-8-16)25(32)22(38-28)14-18-10-12-21(37-18)17-9-11-19(26(33)34)20(29)13-17/h4-14,24H,3H2,1-2H3,(H,33,34)/b22-14-/t24-/m0/s1. The van der Waals surface area contributed by atoms with Gasteiger partial charge in [0.1, 0.15) is 11.5 Å². The number of hydrogen-bond donors (Lipinski definition) is 1. The van der Waals surface area contributed by atoms with Gasteiger partial charge in [-0.25, -0.2) is 14.6 Å². The zero-order valence-corrected chi connectivity index (χ0v) is 21.9. The summed E-state index contributed by atoms with van der Waals surface area (Å²) >= 11 is 7.29. The van der Waals surface area contributed by atoms with Crippen LogP contribution in [0.4, 0.5) is 0 Å². The van der Waals surface area contributed by atoms with Crippen LogP contribution in [0.1, 0.15) is 41.6 Å². The predicted octanol–water partition coefficient (Wildman–Crippen LogP) is 4.41. The predicted molar refractivity (Wildman–Crippen MR) is 143 cm³/mol. The van der Waals surface area contributed by atoms with Crippen LogP contribution in [-0.4, -0.2) is 28.2 Å². The number of thiazole rings is 1. The number of furan rings is 1. The first-order valence-electron chi connectivity index (χ1n) is 11.7. The molecule has 0 fully saturated rings. The van der Waals surface area contributed by atoms with Crippen molar-refractivity contribution in [1.82, 2.24) is 4.57 Å². The molecular formula is C28H21ClN2O6S. The first-order valence-corrected chi connectivity index (χ1v) is 12.9. The van der Waals surface area contributed by atoms with Gasteiger partial charge in [-0.05, 0) is 43.7 Å². The largest absolute Gasteiger partial charge is 0.478 e. The third-order valence-electron chi connectivity index (χ3n) is 6.02. The molecule has 0 saturated carbocycles. The van der Waals surface area contributed by atoms with Gasteiger partial charge in [0.2, 0.25) is 0 Å². The Labute approximate surface area is 225 Å². The Hall–Kier alpha value is -4.21. The van der Waals surface area contributed by atoms with Gasteiger partial charge in [0.15, 0.2) is 4.80 Å². The Morgan fingerprint density at radius 3 is 2.63 bits per heavy atom. The number of carboxylic acid groups (broad SMARTS) is 1. The quantitative estimate of drug-likeness (QED) is 0.357. The van der Waals surface area contributed by atoms with Crippen molar-refractivity contribution in [2.45, 2.75) is 19.9 Å². The molecule has 3 heterocycles. The van der Waals surface area contributed by atoms with Crippen molar-refractivity contribution in [3.8, 4) is 11.3 Å². The summed E-state index contributed by atoms with van der Waals surface area (Å²) in [7, 11) is 0. The number of nitrogens with zero attached hydrogens (tertiary/aromatic N) is 2. The van der Waals surface area contributed by atoms with Crippen molar-refractivity contribution in [3.63, 3.8) is 0 Å². The molecule has 38 heavy (non-hydrogen) atoms. The zero-order valence-electron chi connectivity index (χ0n) is 20.3. The smallest absolute Gasteiger partial charge is 0.338 e. The molecule has 192 valence electrons. The Bertz CT molecular complexity index is 1780. The number of rotatable bonds is 6. The number of carbonyl (C=O) groups is 2. The van der Waals surface area contributed by atoms with Gasteiger partial charge in [0, 0.05) is 11.6 Å². The molecule has 4 aromatic rings. The number of esters is 1. The number of allylic oxidation sites excluding steroid dienone is 1. The van der Waals surface area contributed by atoms with Crippen LogP contribution in [0.25, 0.3) is 17.4 Å². The lowest BCUT2D eigenvalue weighted by molar-refractivity contribution is -0.139. The van der Waals surface area contributed by atoms with Crippen LogP contribution >= 0.6 is 22.9 Å². The molecule has 10 heteroatoms. The summed E-state index contributed by atoms with van der Waals surface area (Å²) in [6.45, 7) is 3.66. The van der Waals surface area contributed by atoms with Crippen molar-refractivity contribution in [2.75, 3.05) is 6.61 Å². The normalized spacial score (nSPS) is 15.2.